The minimum Gasteiger partial charge on any atom is -0.380 e. The SMILES string of the molecule is CCCCCN1N=C(C(=O)Nc2ccc(COC)cc2)CC1c1ccccc1. The topological polar surface area (TPSA) is 53.9 Å². The maximum atomic E-state index is 12.8. The maximum absolute atomic E-state index is 12.8. The number of rotatable bonds is 9. The van der Waals surface area contributed by atoms with E-state index in [1.807, 2.05) is 42.5 Å². The Morgan fingerprint density at radius 3 is 2.57 bits per heavy atom. The van der Waals surface area contributed by atoms with E-state index in [-0.39, 0.29) is 11.9 Å². The van der Waals surface area contributed by atoms with Crippen molar-refractivity contribution in [2.75, 3.05) is 19.0 Å². The van der Waals surface area contributed by atoms with Gasteiger partial charge in [0.2, 0.25) is 0 Å². The van der Waals surface area contributed by atoms with Crippen LogP contribution in [-0.4, -0.2) is 30.3 Å². The van der Waals surface area contributed by atoms with Gasteiger partial charge in [-0.25, -0.2) is 0 Å². The Balaban J connectivity index is 1.69. The van der Waals surface area contributed by atoms with Gasteiger partial charge in [0.25, 0.3) is 5.91 Å². The van der Waals surface area contributed by atoms with Crippen LogP contribution in [0.4, 0.5) is 5.69 Å². The summed E-state index contributed by atoms with van der Waals surface area (Å²) in [7, 11) is 1.67. The number of hydrazone groups is 1. The second-order valence-corrected chi connectivity index (χ2v) is 7.13. The van der Waals surface area contributed by atoms with Crippen LogP contribution in [0.2, 0.25) is 0 Å². The van der Waals surface area contributed by atoms with Crippen molar-refractivity contribution in [2.24, 2.45) is 5.10 Å². The summed E-state index contributed by atoms with van der Waals surface area (Å²) >= 11 is 0. The number of anilines is 1. The van der Waals surface area contributed by atoms with Gasteiger partial charge < -0.3 is 10.1 Å². The third-order valence-electron chi connectivity index (χ3n) is 4.96. The number of nitrogens with zero attached hydrogens (tertiary/aromatic N) is 2. The van der Waals surface area contributed by atoms with Crippen LogP contribution < -0.4 is 5.32 Å². The number of unbranched alkanes of at least 4 members (excludes halogenated alkanes) is 2. The minimum absolute atomic E-state index is 0.126. The van der Waals surface area contributed by atoms with Crippen LogP contribution in [0.5, 0.6) is 0 Å². The molecule has 0 fully saturated rings. The van der Waals surface area contributed by atoms with Gasteiger partial charge in [-0.05, 0) is 29.7 Å². The summed E-state index contributed by atoms with van der Waals surface area (Å²) in [4.78, 5) is 12.8. The highest BCUT2D eigenvalue weighted by atomic mass is 16.5. The molecule has 1 aliphatic heterocycles. The molecule has 2 aromatic rings. The van der Waals surface area contributed by atoms with E-state index in [2.05, 4.69) is 34.5 Å². The predicted octanol–water partition coefficient (Wildman–Crippen LogP) is 4.76. The molecule has 0 spiro atoms. The van der Waals surface area contributed by atoms with E-state index in [0.717, 1.165) is 24.2 Å². The zero-order chi connectivity index (χ0) is 19.8. The first-order valence-corrected chi connectivity index (χ1v) is 9.99. The molecule has 1 aliphatic rings. The first-order chi connectivity index (χ1) is 13.7. The van der Waals surface area contributed by atoms with E-state index in [1.54, 1.807) is 7.11 Å². The Kier molecular flexibility index (Phi) is 7.20. The molecule has 2 aromatic carbocycles. The molecule has 5 nitrogen and oxygen atoms in total. The monoisotopic (exact) mass is 379 g/mol. The molecule has 1 N–H and O–H groups in total. The lowest BCUT2D eigenvalue weighted by molar-refractivity contribution is -0.110. The molecule has 1 atom stereocenters. The van der Waals surface area contributed by atoms with Crippen molar-refractivity contribution < 1.29 is 9.53 Å². The lowest BCUT2D eigenvalue weighted by Gasteiger charge is -2.23. The van der Waals surface area contributed by atoms with Gasteiger partial charge in [0.05, 0.1) is 12.6 Å². The summed E-state index contributed by atoms with van der Waals surface area (Å²) < 4.78 is 5.12. The average molecular weight is 380 g/mol. The lowest BCUT2D eigenvalue weighted by Crippen LogP contribution is -2.22. The number of nitrogens with one attached hydrogen (secondary N) is 1. The van der Waals surface area contributed by atoms with Gasteiger partial charge in [-0.2, -0.15) is 5.10 Å². The molecular formula is C23H29N3O2. The summed E-state index contributed by atoms with van der Waals surface area (Å²) in [5, 5.41) is 9.74. The Hall–Kier alpha value is -2.66. The number of amides is 1. The molecule has 0 saturated heterocycles. The van der Waals surface area contributed by atoms with Gasteiger partial charge >= 0.3 is 0 Å². The third-order valence-corrected chi connectivity index (χ3v) is 4.96. The molecule has 0 radical (unpaired) electrons. The van der Waals surface area contributed by atoms with Gasteiger partial charge in [-0.3, -0.25) is 9.80 Å². The van der Waals surface area contributed by atoms with Gasteiger partial charge in [0.15, 0.2) is 0 Å². The van der Waals surface area contributed by atoms with E-state index in [0.29, 0.717) is 18.7 Å². The molecule has 28 heavy (non-hydrogen) atoms. The zero-order valence-corrected chi connectivity index (χ0v) is 16.7. The normalized spacial score (nSPS) is 16.1. The number of carbonyl (C=O) groups excluding carboxylic acids is 1. The fraction of sp³-hybridized carbons (Fsp3) is 0.391. The second-order valence-electron chi connectivity index (χ2n) is 7.13. The molecule has 0 saturated carbocycles. The van der Waals surface area contributed by atoms with Crippen LogP contribution in [0.1, 0.15) is 49.8 Å². The molecule has 1 heterocycles. The minimum atomic E-state index is -0.126. The first-order valence-electron chi connectivity index (χ1n) is 9.99. The van der Waals surface area contributed by atoms with Crippen molar-refractivity contribution in [1.82, 2.24) is 5.01 Å². The number of ether oxygens (including phenoxy) is 1. The fourth-order valence-electron chi connectivity index (χ4n) is 3.44. The lowest BCUT2D eigenvalue weighted by atomic mass is 10.0. The van der Waals surface area contributed by atoms with E-state index < -0.39 is 0 Å². The van der Waals surface area contributed by atoms with Crippen LogP contribution in [0.3, 0.4) is 0 Å². The van der Waals surface area contributed by atoms with Crippen molar-refractivity contribution in [3.05, 3.63) is 65.7 Å². The Morgan fingerprint density at radius 2 is 1.89 bits per heavy atom. The summed E-state index contributed by atoms with van der Waals surface area (Å²) in [6, 6.07) is 18.2. The standard InChI is InChI=1S/C23H29N3O2/c1-3-4-8-15-26-22(19-9-6-5-7-10-19)16-21(25-26)23(27)24-20-13-11-18(12-14-20)17-28-2/h5-7,9-14,22H,3-4,8,15-17H2,1-2H3,(H,24,27). The van der Waals surface area contributed by atoms with Gasteiger partial charge in [0, 0.05) is 25.8 Å². The van der Waals surface area contributed by atoms with E-state index in [4.69, 9.17) is 4.74 Å². The second kappa shape index (κ2) is 10.0. The highest BCUT2D eigenvalue weighted by Gasteiger charge is 2.31. The molecule has 3 rings (SSSR count). The third kappa shape index (κ3) is 5.20. The van der Waals surface area contributed by atoms with Crippen molar-refractivity contribution in [3.8, 4) is 0 Å². The predicted molar refractivity (Wildman–Crippen MR) is 113 cm³/mol. The number of benzene rings is 2. The summed E-state index contributed by atoms with van der Waals surface area (Å²) in [6.45, 7) is 3.63. The molecule has 1 unspecified atom stereocenters. The highest BCUT2D eigenvalue weighted by molar-refractivity contribution is 6.43. The van der Waals surface area contributed by atoms with Crippen LogP contribution in [-0.2, 0) is 16.1 Å². The number of carbonyl (C=O) groups is 1. The quantitative estimate of drug-likeness (QED) is 0.639. The number of hydrogen-bond donors (Lipinski definition) is 1. The average Bonchev–Trinajstić information content (AvgIpc) is 3.15. The van der Waals surface area contributed by atoms with Gasteiger partial charge in [-0.15, -0.1) is 0 Å². The molecule has 5 heteroatoms. The Morgan fingerprint density at radius 1 is 1.14 bits per heavy atom. The van der Waals surface area contributed by atoms with Crippen LogP contribution in [0.15, 0.2) is 59.7 Å². The molecule has 1 amide bonds. The van der Waals surface area contributed by atoms with Crippen molar-refractivity contribution in [2.45, 2.75) is 45.3 Å². The number of hydrogen-bond acceptors (Lipinski definition) is 4. The van der Waals surface area contributed by atoms with Crippen LogP contribution >= 0.6 is 0 Å². The van der Waals surface area contributed by atoms with Crippen molar-refractivity contribution in [3.63, 3.8) is 0 Å². The molecule has 0 aromatic heterocycles. The molecular weight excluding hydrogens is 350 g/mol. The smallest absolute Gasteiger partial charge is 0.271 e. The summed E-state index contributed by atoms with van der Waals surface area (Å²) in [6.07, 6.45) is 4.05. The van der Waals surface area contributed by atoms with E-state index in [9.17, 15) is 4.79 Å². The van der Waals surface area contributed by atoms with Gasteiger partial charge in [0.1, 0.15) is 5.71 Å². The van der Waals surface area contributed by atoms with Crippen LogP contribution in [0, 0.1) is 0 Å². The Bertz CT molecular complexity index is 787. The van der Waals surface area contributed by atoms with Crippen molar-refractivity contribution >= 4 is 17.3 Å². The van der Waals surface area contributed by atoms with Crippen molar-refractivity contribution in [1.29, 1.82) is 0 Å². The Labute approximate surface area is 167 Å². The van der Waals surface area contributed by atoms with Gasteiger partial charge in [-0.1, -0.05) is 62.2 Å². The summed E-state index contributed by atoms with van der Waals surface area (Å²) in [5.41, 5.74) is 3.64. The number of methoxy groups -OCH3 is 1. The maximum Gasteiger partial charge on any atom is 0.271 e. The zero-order valence-electron chi connectivity index (χ0n) is 16.7. The highest BCUT2D eigenvalue weighted by Crippen LogP contribution is 2.31. The molecule has 148 valence electrons. The first kappa shape index (κ1) is 20.1. The van der Waals surface area contributed by atoms with Crippen LogP contribution in [0.25, 0.3) is 0 Å². The fourth-order valence-corrected chi connectivity index (χ4v) is 3.44. The molecule has 0 aliphatic carbocycles. The van der Waals surface area contributed by atoms with E-state index >= 15 is 0 Å². The largest absolute Gasteiger partial charge is 0.380 e. The van der Waals surface area contributed by atoms with E-state index in [1.165, 1.54) is 18.4 Å². The molecule has 0 bridgehead atoms. The summed E-state index contributed by atoms with van der Waals surface area (Å²) in [5.74, 6) is -0.126.